The number of hydrogen-bond donors (Lipinski definition) is 0. The SMILES string of the molecule is [Cl-].c1ccc2c[n+]3ccccc3cc2c1. The van der Waals surface area contributed by atoms with Crippen LogP contribution in [0.5, 0.6) is 0 Å². The van der Waals surface area contributed by atoms with Gasteiger partial charge in [-0.05, 0) is 17.5 Å². The topological polar surface area (TPSA) is 4.10 Å². The summed E-state index contributed by atoms with van der Waals surface area (Å²) in [4.78, 5) is 0. The van der Waals surface area contributed by atoms with E-state index in [1.165, 1.54) is 16.3 Å². The minimum Gasteiger partial charge on any atom is -1.00 e. The predicted octanol–water partition coefficient (Wildman–Crippen LogP) is -0.417. The van der Waals surface area contributed by atoms with Gasteiger partial charge < -0.3 is 12.4 Å². The lowest BCUT2D eigenvalue weighted by Crippen LogP contribution is -3.00. The van der Waals surface area contributed by atoms with Crippen molar-refractivity contribution in [3.63, 3.8) is 0 Å². The Balaban J connectivity index is 0.000000853. The Morgan fingerprint density at radius 3 is 2.40 bits per heavy atom. The maximum Gasteiger partial charge on any atom is 0.211 e. The first-order chi connectivity index (χ1) is 6.93. The molecule has 3 rings (SSSR count). The summed E-state index contributed by atoms with van der Waals surface area (Å²) in [6, 6.07) is 16.8. The third-order valence-corrected chi connectivity index (χ3v) is 2.50. The lowest BCUT2D eigenvalue weighted by molar-refractivity contribution is -0.510. The molecule has 74 valence electrons. The lowest BCUT2D eigenvalue weighted by Gasteiger charge is -1.95. The summed E-state index contributed by atoms with van der Waals surface area (Å²) in [5.41, 5.74) is 1.23. The van der Waals surface area contributed by atoms with Crippen LogP contribution in [-0.4, -0.2) is 0 Å². The van der Waals surface area contributed by atoms with Crippen molar-refractivity contribution in [1.29, 1.82) is 0 Å². The summed E-state index contributed by atoms with van der Waals surface area (Å²) in [7, 11) is 0. The zero-order valence-corrected chi connectivity index (χ0v) is 8.85. The van der Waals surface area contributed by atoms with Crippen molar-refractivity contribution < 1.29 is 16.8 Å². The number of rotatable bonds is 0. The van der Waals surface area contributed by atoms with Crippen LogP contribution in [0.25, 0.3) is 16.3 Å². The molecule has 0 N–H and O–H groups in total. The second-order valence-electron chi connectivity index (χ2n) is 3.44. The molecule has 0 unspecified atom stereocenters. The molecule has 1 nitrogen and oxygen atoms in total. The quantitative estimate of drug-likeness (QED) is 0.355. The first-order valence-corrected chi connectivity index (χ1v) is 4.72. The van der Waals surface area contributed by atoms with Crippen LogP contribution in [-0.2, 0) is 0 Å². The highest BCUT2D eigenvalue weighted by molar-refractivity contribution is 5.83. The van der Waals surface area contributed by atoms with Crippen molar-refractivity contribution >= 4 is 16.3 Å². The zero-order valence-electron chi connectivity index (χ0n) is 8.10. The maximum absolute atomic E-state index is 2.20. The van der Waals surface area contributed by atoms with Crippen LogP contribution in [0, 0.1) is 0 Å². The highest BCUT2D eigenvalue weighted by Gasteiger charge is 2.02. The average Bonchev–Trinajstić information content (AvgIpc) is 2.26. The van der Waals surface area contributed by atoms with E-state index in [4.69, 9.17) is 0 Å². The minimum atomic E-state index is 0. The summed E-state index contributed by atoms with van der Waals surface area (Å²) in [5, 5.41) is 2.56. The number of fused-ring (bicyclic) bond motifs is 2. The monoisotopic (exact) mass is 215 g/mol. The molecule has 0 bridgehead atoms. The highest BCUT2D eigenvalue weighted by atomic mass is 35.5. The molecule has 0 saturated heterocycles. The van der Waals surface area contributed by atoms with Gasteiger partial charge in [0.25, 0.3) is 0 Å². The Bertz CT molecular complexity index is 499. The molecule has 0 amide bonds. The molecule has 0 fully saturated rings. The number of halogens is 1. The van der Waals surface area contributed by atoms with Gasteiger partial charge in [-0.3, -0.25) is 0 Å². The number of aromatic nitrogens is 1. The van der Waals surface area contributed by atoms with Gasteiger partial charge in [-0.15, -0.1) is 0 Å². The fourth-order valence-electron chi connectivity index (χ4n) is 1.78. The molecule has 0 radical (unpaired) electrons. The Kier molecular flexibility index (Phi) is 2.57. The van der Waals surface area contributed by atoms with Gasteiger partial charge in [-0.2, -0.15) is 4.40 Å². The molecule has 1 aromatic carbocycles. The van der Waals surface area contributed by atoms with Crippen molar-refractivity contribution in [3.05, 3.63) is 60.9 Å². The molecule has 0 atom stereocenters. The molecule has 0 spiro atoms. The zero-order chi connectivity index (χ0) is 9.38. The molecule has 2 heterocycles. The molecule has 0 aliphatic carbocycles. The Morgan fingerprint density at radius 1 is 0.800 bits per heavy atom. The van der Waals surface area contributed by atoms with Crippen LogP contribution >= 0.6 is 0 Å². The molecule has 3 aromatic rings. The molecular formula is C13H10ClN. The fraction of sp³-hybridized carbons (Fsp3) is 0. The van der Waals surface area contributed by atoms with Crippen molar-refractivity contribution in [2.45, 2.75) is 0 Å². The summed E-state index contributed by atoms with van der Waals surface area (Å²) in [5.74, 6) is 0. The van der Waals surface area contributed by atoms with E-state index < -0.39 is 0 Å². The molecular weight excluding hydrogens is 206 g/mol. The molecule has 0 aliphatic heterocycles. The maximum atomic E-state index is 2.20. The van der Waals surface area contributed by atoms with Crippen molar-refractivity contribution in [2.75, 3.05) is 0 Å². The number of pyridine rings is 2. The first kappa shape index (κ1) is 9.94. The first-order valence-electron chi connectivity index (χ1n) is 4.72. The van der Waals surface area contributed by atoms with Gasteiger partial charge in [-0.1, -0.05) is 18.2 Å². The van der Waals surface area contributed by atoms with E-state index in [2.05, 4.69) is 59.3 Å². The molecule has 2 heteroatoms. The van der Waals surface area contributed by atoms with Crippen LogP contribution in [0.4, 0.5) is 0 Å². The van der Waals surface area contributed by atoms with E-state index >= 15 is 0 Å². The van der Waals surface area contributed by atoms with Crippen LogP contribution in [0.1, 0.15) is 0 Å². The lowest BCUT2D eigenvalue weighted by atomic mass is 10.1. The van der Waals surface area contributed by atoms with Crippen molar-refractivity contribution in [3.8, 4) is 0 Å². The summed E-state index contributed by atoms with van der Waals surface area (Å²) < 4.78 is 2.14. The Labute approximate surface area is 94.4 Å². The largest absolute Gasteiger partial charge is 1.00 e. The van der Waals surface area contributed by atoms with Gasteiger partial charge in [0.15, 0.2) is 12.4 Å². The van der Waals surface area contributed by atoms with Crippen LogP contribution in [0.15, 0.2) is 60.9 Å². The third-order valence-electron chi connectivity index (χ3n) is 2.50. The van der Waals surface area contributed by atoms with Gasteiger partial charge in [0, 0.05) is 23.6 Å². The predicted molar refractivity (Wildman–Crippen MR) is 57.1 cm³/mol. The van der Waals surface area contributed by atoms with E-state index in [0.29, 0.717) is 0 Å². The molecule has 15 heavy (non-hydrogen) atoms. The minimum absolute atomic E-state index is 0. The second-order valence-corrected chi connectivity index (χ2v) is 3.44. The Hall–Kier alpha value is -1.60. The van der Waals surface area contributed by atoms with Gasteiger partial charge >= 0.3 is 0 Å². The van der Waals surface area contributed by atoms with E-state index in [9.17, 15) is 0 Å². The van der Waals surface area contributed by atoms with Crippen molar-refractivity contribution in [2.24, 2.45) is 0 Å². The second kappa shape index (κ2) is 3.87. The number of benzene rings is 1. The standard InChI is InChI=1S/C13H10N.ClH/c1-2-6-12-10-14-8-4-3-7-13(14)9-11(12)5-1;/h1-10H;1H/q+1;/p-1. The van der Waals surface area contributed by atoms with E-state index in [0.717, 1.165) is 0 Å². The van der Waals surface area contributed by atoms with Crippen LogP contribution in [0.2, 0.25) is 0 Å². The third kappa shape index (κ3) is 1.66. The van der Waals surface area contributed by atoms with Gasteiger partial charge in [0.2, 0.25) is 5.52 Å². The summed E-state index contributed by atoms with van der Waals surface area (Å²) in [6.45, 7) is 0. The van der Waals surface area contributed by atoms with E-state index in [1.54, 1.807) is 0 Å². The summed E-state index contributed by atoms with van der Waals surface area (Å²) in [6.07, 6.45) is 4.23. The molecule has 2 aromatic heterocycles. The van der Waals surface area contributed by atoms with E-state index in [1.807, 2.05) is 6.07 Å². The number of hydrogen-bond acceptors (Lipinski definition) is 0. The molecule has 0 aliphatic rings. The van der Waals surface area contributed by atoms with Gasteiger partial charge in [0.1, 0.15) is 0 Å². The van der Waals surface area contributed by atoms with Gasteiger partial charge in [-0.25, -0.2) is 0 Å². The van der Waals surface area contributed by atoms with Crippen LogP contribution < -0.4 is 16.8 Å². The van der Waals surface area contributed by atoms with E-state index in [-0.39, 0.29) is 12.4 Å². The molecule has 0 saturated carbocycles. The van der Waals surface area contributed by atoms with Gasteiger partial charge in [0.05, 0.1) is 0 Å². The summed E-state index contributed by atoms with van der Waals surface area (Å²) >= 11 is 0. The smallest absolute Gasteiger partial charge is 0.211 e. The van der Waals surface area contributed by atoms with Crippen molar-refractivity contribution in [1.82, 2.24) is 0 Å². The highest BCUT2D eigenvalue weighted by Crippen LogP contribution is 2.12. The fourth-order valence-corrected chi connectivity index (χ4v) is 1.78. The average molecular weight is 216 g/mol. The normalized spacial score (nSPS) is 10.1. The van der Waals surface area contributed by atoms with Crippen LogP contribution in [0.3, 0.4) is 0 Å². The Morgan fingerprint density at radius 2 is 1.53 bits per heavy atom. The number of nitrogens with zero attached hydrogens (tertiary/aromatic N) is 1.